The highest BCUT2D eigenvalue weighted by Gasteiger charge is 2.29. The Morgan fingerprint density at radius 2 is 1.68 bits per heavy atom. The van der Waals surface area contributed by atoms with E-state index in [0.717, 1.165) is 6.42 Å². The number of benzene rings is 1. The van der Waals surface area contributed by atoms with Crippen molar-refractivity contribution >= 4 is 15.6 Å². The Morgan fingerprint density at radius 3 is 2.42 bits per heavy atom. The average Bonchev–Trinajstić information content (AvgIpc) is 2.65. The van der Waals surface area contributed by atoms with E-state index in [-0.39, 0.29) is 28.4 Å². The molecule has 0 spiro atoms. The lowest BCUT2D eigenvalue weighted by Crippen LogP contribution is -2.08. The van der Waals surface area contributed by atoms with E-state index in [2.05, 4.69) is 0 Å². The molecule has 3 rings (SSSR count). The van der Waals surface area contributed by atoms with Crippen LogP contribution in [0, 0.1) is 0 Å². The van der Waals surface area contributed by atoms with Crippen LogP contribution in [0.1, 0.15) is 29.6 Å². The lowest BCUT2D eigenvalue weighted by atomic mass is 10.1. The molecule has 0 saturated carbocycles. The molecule has 2 aliphatic rings. The zero-order valence-electron chi connectivity index (χ0n) is 10.3. The molecule has 2 heterocycles. The maximum absolute atomic E-state index is 12.2. The van der Waals surface area contributed by atoms with Gasteiger partial charge in [-0.05, 0) is 12.5 Å². The SMILES string of the molecule is O=C1CCCS(=O)(=O)c2cc3c(cc21)OCCCO3. The number of fused-ring (bicyclic) bond motifs is 2. The molecule has 0 saturated heterocycles. The molecule has 2 aliphatic heterocycles. The lowest BCUT2D eigenvalue weighted by Gasteiger charge is -2.12. The van der Waals surface area contributed by atoms with Crippen LogP contribution in [0.25, 0.3) is 0 Å². The maximum atomic E-state index is 12.2. The summed E-state index contributed by atoms with van der Waals surface area (Å²) in [5.74, 6) is 0.730. The van der Waals surface area contributed by atoms with E-state index in [9.17, 15) is 13.2 Å². The summed E-state index contributed by atoms with van der Waals surface area (Å²) < 4.78 is 35.3. The second-order valence-electron chi connectivity index (χ2n) is 4.69. The van der Waals surface area contributed by atoms with Crippen LogP contribution < -0.4 is 9.47 Å². The van der Waals surface area contributed by atoms with Gasteiger partial charge >= 0.3 is 0 Å². The standard InChI is InChI=1S/C13H14O5S/c14-10-3-1-6-19(15,16)13-8-12-11(7-9(10)13)17-4-2-5-18-12/h7-8H,1-6H2. The monoisotopic (exact) mass is 282 g/mol. The van der Waals surface area contributed by atoms with Gasteiger partial charge in [-0.1, -0.05) is 0 Å². The number of hydrogen-bond donors (Lipinski definition) is 0. The van der Waals surface area contributed by atoms with Crippen LogP contribution >= 0.6 is 0 Å². The Morgan fingerprint density at radius 1 is 1.00 bits per heavy atom. The first-order valence-corrected chi connectivity index (χ1v) is 7.93. The molecule has 0 aromatic heterocycles. The number of Topliss-reactive ketones (excluding diaryl/α,β-unsaturated/α-hetero) is 1. The Kier molecular flexibility index (Phi) is 2.97. The van der Waals surface area contributed by atoms with Crippen LogP contribution in [0.5, 0.6) is 11.5 Å². The third-order valence-corrected chi connectivity index (χ3v) is 5.14. The molecule has 0 aliphatic carbocycles. The summed E-state index contributed by atoms with van der Waals surface area (Å²) >= 11 is 0. The predicted octanol–water partition coefficient (Wildman–Crippen LogP) is 1.60. The molecule has 0 bridgehead atoms. The van der Waals surface area contributed by atoms with Crippen molar-refractivity contribution in [1.82, 2.24) is 0 Å². The number of carbonyl (C=O) groups is 1. The summed E-state index contributed by atoms with van der Waals surface area (Å²) in [4.78, 5) is 12.1. The first-order valence-electron chi connectivity index (χ1n) is 6.27. The van der Waals surface area contributed by atoms with Crippen molar-refractivity contribution in [3.05, 3.63) is 17.7 Å². The summed E-state index contributed by atoms with van der Waals surface area (Å²) in [6.07, 6.45) is 1.36. The number of sulfone groups is 1. The second-order valence-corrected chi connectivity index (χ2v) is 6.77. The number of hydrogen-bond acceptors (Lipinski definition) is 5. The summed E-state index contributed by atoms with van der Waals surface area (Å²) in [5.41, 5.74) is 0.238. The molecule has 19 heavy (non-hydrogen) atoms. The van der Waals surface area contributed by atoms with Gasteiger partial charge in [0.05, 0.1) is 23.9 Å². The van der Waals surface area contributed by atoms with E-state index < -0.39 is 9.84 Å². The van der Waals surface area contributed by atoms with Gasteiger partial charge in [0.15, 0.2) is 27.1 Å². The number of ketones is 1. The highest BCUT2D eigenvalue weighted by Crippen LogP contribution is 2.37. The topological polar surface area (TPSA) is 69.7 Å². The van der Waals surface area contributed by atoms with E-state index in [1.807, 2.05) is 0 Å². The molecule has 0 N–H and O–H groups in total. The van der Waals surface area contributed by atoms with Crippen molar-refractivity contribution in [2.24, 2.45) is 0 Å². The first kappa shape index (κ1) is 12.5. The maximum Gasteiger partial charge on any atom is 0.179 e. The first-order chi connectivity index (χ1) is 9.08. The lowest BCUT2D eigenvalue weighted by molar-refractivity contribution is 0.0979. The van der Waals surface area contributed by atoms with Gasteiger partial charge in [-0.2, -0.15) is 0 Å². The van der Waals surface area contributed by atoms with Crippen LogP contribution in [0.4, 0.5) is 0 Å². The van der Waals surface area contributed by atoms with E-state index >= 15 is 0 Å². The van der Waals surface area contributed by atoms with Crippen molar-refractivity contribution in [1.29, 1.82) is 0 Å². The predicted molar refractivity (Wildman–Crippen MR) is 67.7 cm³/mol. The minimum absolute atomic E-state index is 0.00534. The highest BCUT2D eigenvalue weighted by atomic mass is 32.2. The van der Waals surface area contributed by atoms with Gasteiger partial charge in [0.25, 0.3) is 0 Å². The number of rotatable bonds is 0. The quantitative estimate of drug-likeness (QED) is 0.723. The number of carbonyl (C=O) groups excluding carboxylic acids is 1. The fraction of sp³-hybridized carbons (Fsp3) is 0.462. The summed E-state index contributed by atoms with van der Waals surface area (Å²) in [6.45, 7) is 0.993. The highest BCUT2D eigenvalue weighted by molar-refractivity contribution is 7.91. The van der Waals surface area contributed by atoms with Gasteiger partial charge in [-0.3, -0.25) is 4.79 Å². The fourth-order valence-electron chi connectivity index (χ4n) is 2.33. The smallest absolute Gasteiger partial charge is 0.179 e. The van der Waals surface area contributed by atoms with E-state index in [4.69, 9.17) is 9.47 Å². The zero-order valence-corrected chi connectivity index (χ0v) is 11.2. The Bertz CT molecular complexity index is 633. The Balaban J connectivity index is 2.22. The Labute approximate surface area is 111 Å². The van der Waals surface area contributed by atoms with Crippen LogP contribution in [0.15, 0.2) is 17.0 Å². The molecule has 1 aromatic rings. The van der Waals surface area contributed by atoms with Crippen LogP contribution in [-0.4, -0.2) is 33.2 Å². The minimum Gasteiger partial charge on any atom is -0.490 e. The molecule has 0 fully saturated rings. The summed E-state index contributed by atoms with van der Waals surface area (Å²) in [7, 11) is -3.41. The summed E-state index contributed by atoms with van der Waals surface area (Å²) in [5, 5.41) is 0. The molecule has 0 radical (unpaired) electrons. The van der Waals surface area contributed by atoms with E-state index in [1.165, 1.54) is 12.1 Å². The van der Waals surface area contributed by atoms with Gasteiger partial charge in [0.2, 0.25) is 0 Å². The Hall–Kier alpha value is -1.56. The molecule has 0 unspecified atom stereocenters. The van der Waals surface area contributed by atoms with Gasteiger partial charge in [0.1, 0.15) is 0 Å². The third-order valence-electron chi connectivity index (χ3n) is 3.30. The van der Waals surface area contributed by atoms with Crippen molar-refractivity contribution in [3.8, 4) is 11.5 Å². The van der Waals surface area contributed by atoms with Gasteiger partial charge in [-0.25, -0.2) is 8.42 Å². The second kappa shape index (κ2) is 4.52. The average molecular weight is 282 g/mol. The molecule has 0 atom stereocenters. The van der Waals surface area contributed by atoms with Crippen LogP contribution in [0.3, 0.4) is 0 Å². The third kappa shape index (κ3) is 2.20. The van der Waals surface area contributed by atoms with Gasteiger partial charge < -0.3 is 9.47 Å². The molecule has 102 valence electrons. The van der Waals surface area contributed by atoms with Crippen LogP contribution in [0.2, 0.25) is 0 Å². The van der Waals surface area contributed by atoms with Crippen molar-refractivity contribution in [2.45, 2.75) is 24.2 Å². The van der Waals surface area contributed by atoms with Crippen molar-refractivity contribution < 1.29 is 22.7 Å². The van der Waals surface area contributed by atoms with E-state index in [0.29, 0.717) is 31.1 Å². The summed E-state index contributed by atoms with van der Waals surface area (Å²) in [6, 6.07) is 2.95. The molecule has 0 amide bonds. The van der Waals surface area contributed by atoms with Gasteiger partial charge in [0, 0.05) is 24.5 Å². The molecular formula is C13H14O5S. The molecule has 5 nitrogen and oxygen atoms in total. The zero-order chi connectivity index (χ0) is 13.5. The largest absolute Gasteiger partial charge is 0.490 e. The van der Waals surface area contributed by atoms with Crippen molar-refractivity contribution in [3.63, 3.8) is 0 Å². The number of ether oxygens (including phenoxy) is 2. The molecular weight excluding hydrogens is 268 g/mol. The fourth-order valence-corrected chi connectivity index (χ4v) is 3.87. The normalized spacial score (nSPS) is 21.2. The van der Waals surface area contributed by atoms with Crippen molar-refractivity contribution in [2.75, 3.05) is 19.0 Å². The molecule has 1 aromatic carbocycles. The molecule has 6 heteroatoms. The minimum atomic E-state index is -3.41. The van der Waals surface area contributed by atoms with Gasteiger partial charge in [-0.15, -0.1) is 0 Å². The van der Waals surface area contributed by atoms with E-state index in [1.54, 1.807) is 0 Å². The van der Waals surface area contributed by atoms with Crippen LogP contribution in [-0.2, 0) is 9.84 Å².